The lowest BCUT2D eigenvalue weighted by molar-refractivity contribution is 0.102. The average Bonchev–Trinajstić information content (AvgIpc) is 3.46. The molecule has 0 spiro atoms. The summed E-state index contributed by atoms with van der Waals surface area (Å²) in [4.78, 5) is 25.8. The fourth-order valence-electron chi connectivity index (χ4n) is 3.42. The van der Waals surface area contributed by atoms with Gasteiger partial charge in [0.15, 0.2) is 0 Å². The second-order valence-corrected chi connectivity index (χ2v) is 7.61. The summed E-state index contributed by atoms with van der Waals surface area (Å²) >= 11 is 0. The van der Waals surface area contributed by atoms with Gasteiger partial charge in [-0.05, 0) is 60.2 Å². The Bertz CT molecular complexity index is 960. The van der Waals surface area contributed by atoms with Crippen LogP contribution in [0.2, 0.25) is 0 Å². The summed E-state index contributed by atoms with van der Waals surface area (Å²) in [6, 6.07) is 10.7. The van der Waals surface area contributed by atoms with Gasteiger partial charge in [-0.15, -0.1) is 0 Å². The molecule has 1 aliphatic heterocycles. The number of carbonyl (C=O) groups excluding carboxylic acids is 1. The van der Waals surface area contributed by atoms with E-state index in [2.05, 4.69) is 21.6 Å². The number of nitrogens with one attached hydrogen (secondary N) is 2. The van der Waals surface area contributed by atoms with Crippen LogP contribution in [0.4, 0.5) is 20.6 Å². The molecule has 2 fully saturated rings. The minimum absolute atomic E-state index is 0.0204. The predicted octanol–water partition coefficient (Wildman–Crippen LogP) is 4.28. The molecule has 0 aromatic heterocycles. The maximum absolute atomic E-state index is 13.4. The van der Waals surface area contributed by atoms with Gasteiger partial charge in [0, 0.05) is 25.2 Å². The smallest absolute Gasteiger partial charge is 0.409 e. The largest absolute Gasteiger partial charge is 0.465 e. The first-order valence-corrected chi connectivity index (χ1v) is 9.59. The third-order valence-electron chi connectivity index (χ3n) is 5.08. The summed E-state index contributed by atoms with van der Waals surface area (Å²) in [6.45, 7) is 3.24. The van der Waals surface area contributed by atoms with Gasteiger partial charge in [-0.1, -0.05) is 18.2 Å². The Labute approximate surface area is 168 Å². The SMILES string of the molecule is O=C(O)Nc1cc(F)ccc1NC(=O)c1ccc(C=C2CN(CC3CC3)C2)cc1. The van der Waals surface area contributed by atoms with Crippen molar-refractivity contribution in [2.24, 2.45) is 5.92 Å². The zero-order valence-corrected chi connectivity index (χ0v) is 15.8. The third kappa shape index (κ3) is 5.00. The molecule has 2 aromatic carbocycles. The fraction of sp³-hybridized carbons (Fsp3) is 0.273. The van der Waals surface area contributed by atoms with E-state index in [0.29, 0.717) is 5.56 Å². The number of anilines is 2. The van der Waals surface area contributed by atoms with Crippen molar-refractivity contribution in [1.29, 1.82) is 0 Å². The summed E-state index contributed by atoms with van der Waals surface area (Å²) in [5, 5.41) is 13.6. The molecular formula is C22H22FN3O3. The Kier molecular flexibility index (Phi) is 5.31. The van der Waals surface area contributed by atoms with Crippen LogP contribution < -0.4 is 10.6 Å². The summed E-state index contributed by atoms with van der Waals surface area (Å²) in [6.07, 6.45) is 3.55. The fourth-order valence-corrected chi connectivity index (χ4v) is 3.42. The molecule has 6 nitrogen and oxygen atoms in total. The standard InChI is InChI=1S/C22H22FN3O3/c23-18-7-8-19(20(10-18)25-22(28)29)24-21(27)17-5-3-14(4-6-17)9-16-12-26(13-16)11-15-1-2-15/h3-10,15,25H,1-2,11-13H2,(H,24,27)(H,28,29). The number of carbonyl (C=O) groups is 2. The van der Waals surface area contributed by atoms with Gasteiger partial charge in [0.25, 0.3) is 5.91 Å². The van der Waals surface area contributed by atoms with Gasteiger partial charge in [-0.25, -0.2) is 9.18 Å². The minimum atomic E-state index is -1.34. The Hall–Kier alpha value is -3.19. The molecule has 1 heterocycles. The van der Waals surface area contributed by atoms with Crippen molar-refractivity contribution in [3.8, 4) is 0 Å². The lowest BCUT2D eigenvalue weighted by atomic mass is 10.0. The molecule has 0 radical (unpaired) electrons. The van der Waals surface area contributed by atoms with Crippen molar-refractivity contribution in [2.75, 3.05) is 30.3 Å². The molecule has 7 heteroatoms. The van der Waals surface area contributed by atoms with E-state index in [0.717, 1.165) is 36.7 Å². The number of halogens is 1. The van der Waals surface area contributed by atoms with Crippen molar-refractivity contribution in [3.05, 3.63) is 65.0 Å². The summed E-state index contributed by atoms with van der Waals surface area (Å²) < 4.78 is 13.4. The molecule has 2 amide bonds. The van der Waals surface area contributed by atoms with Crippen LogP contribution in [-0.2, 0) is 0 Å². The molecule has 1 aliphatic carbocycles. The maximum Gasteiger partial charge on any atom is 0.409 e. The van der Waals surface area contributed by atoms with Gasteiger partial charge < -0.3 is 10.4 Å². The lowest BCUT2D eigenvalue weighted by Gasteiger charge is -2.34. The molecule has 4 rings (SSSR count). The number of carboxylic acid groups (broad SMARTS) is 1. The highest BCUT2D eigenvalue weighted by Crippen LogP contribution is 2.32. The van der Waals surface area contributed by atoms with E-state index in [1.807, 2.05) is 12.1 Å². The summed E-state index contributed by atoms with van der Waals surface area (Å²) in [5.74, 6) is -0.0963. The van der Waals surface area contributed by atoms with Gasteiger partial charge >= 0.3 is 6.09 Å². The lowest BCUT2D eigenvalue weighted by Crippen LogP contribution is -2.41. The van der Waals surface area contributed by atoms with E-state index in [4.69, 9.17) is 5.11 Å². The topological polar surface area (TPSA) is 81.7 Å². The van der Waals surface area contributed by atoms with Crippen LogP contribution in [0.15, 0.2) is 48.0 Å². The Balaban J connectivity index is 1.38. The van der Waals surface area contributed by atoms with Crippen LogP contribution in [0.25, 0.3) is 6.08 Å². The minimum Gasteiger partial charge on any atom is -0.465 e. The number of hydrogen-bond donors (Lipinski definition) is 3. The summed E-state index contributed by atoms with van der Waals surface area (Å²) in [7, 11) is 0. The van der Waals surface area contributed by atoms with Crippen LogP contribution in [-0.4, -0.2) is 41.6 Å². The highest BCUT2D eigenvalue weighted by Gasteiger charge is 2.28. The van der Waals surface area contributed by atoms with E-state index >= 15 is 0 Å². The average molecular weight is 395 g/mol. The van der Waals surface area contributed by atoms with Crippen LogP contribution in [0.5, 0.6) is 0 Å². The number of nitrogens with zero attached hydrogens (tertiary/aromatic N) is 1. The predicted molar refractivity (Wildman–Crippen MR) is 110 cm³/mol. The number of hydrogen-bond acceptors (Lipinski definition) is 3. The molecule has 0 atom stereocenters. The highest BCUT2D eigenvalue weighted by molar-refractivity contribution is 6.06. The molecule has 0 unspecified atom stereocenters. The molecule has 1 saturated carbocycles. The molecule has 1 saturated heterocycles. The van der Waals surface area contributed by atoms with E-state index in [-0.39, 0.29) is 11.4 Å². The number of rotatable bonds is 6. The van der Waals surface area contributed by atoms with Crippen molar-refractivity contribution in [3.63, 3.8) is 0 Å². The van der Waals surface area contributed by atoms with Crippen LogP contribution in [0, 0.1) is 11.7 Å². The first-order valence-electron chi connectivity index (χ1n) is 9.59. The van der Waals surface area contributed by atoms with Crippen molar-refractivity contribution in [1.82, 2.24) is 4.90 Å². The summed E-state index contributed by atoms with van der Waals surface area (Å²) in [5.41, 5.74) is 3.03. The molecule has 150 valence electrons. The number of amides is 2. The molecule has 2 aromatic rings. The van der Waals surface area contributed by atoms with Gasteiger partial charge in [0.1, 0.15) is 5.82 Å². The second kappa shape index (κ2) is 8.05. The van der Waals surface area contributed by atoms with Crippen molar-refractivity contribution >= 4 is 29.5 Å². The van der Waals surface area contributed by atoms with Crippen LogP contribution >= 0.6 is 0 Å². The van der Waals surface area contributed by atoms with E-state index in [1.165, 1.54) is 31.0 Å². The van der Waals surface area contributed by atoms with Crippen molar-refractivity contribution in [2.45, 2.75) is 12.8 Å². The van der Waals surface area contributed by atoms with Gasteiger partial charge in [-0.3, -0.25) is 15.0 Å². The Morgan fingerprint density at radius 3 is 2.45 bits per heavy atom. The highest BCUT2D eigenvalue weighted by atomic mass is 19.1. The van der Waals surface area contributed by atoms with Crippen molar-refractivity contribution < 1.29 is 19.1 Å². The molecule has 29 heavy (non-hydrogen) atoms. The van der Waals surface area contributed by atoms with Gasteiger partial charge in [0.05, 0.1) is 11.4 Å². The second-order valence-electron chi connectivity index (χ2n) is 7.61. The monoisotopic (exact) mass is 395 g/mol. The third-order valence-corrected chi connectivity index (χ3v) is 5.08. The van der Waals surface area contributed by atoms with E-state index in [1.54, 1.807) is 12.1 Å². The first kappa shape index (κ1) is 19.1. The van der Waals surface area contributed by atoms with E-state index in [9.17, 15) is 14.0 Å². The molecular weight excluding hydrogens is 373 g/mol. The number of benzene rings is 2. The first-order chi connectivity index (χ1) is 14.0. The quantitative estimate of drug-likeness (QED) is 0.682. The Morgan fingerprint density at radius 2 is 1.79 bits per heavy atom. The number of likely N-dealkylation sites (tertiary alicyclic amines) is 1. The van der Waals surface area contributed by atoms with E-state index < -0.39 is 17.8 Å². The Morgan fingerprint density at radius 1 is 1.07 bits per heavy atom. The maximum atomic E-state index is 13.4. The molecule has 2 aliphatic rings. The molecule has 0 bridgehead atoms. The zero-order chi connectivity index (χ0) is 20.4. The van der Waals surface area contributed by atoms with Gasteiger partial charge in [-0.2, -0.15) is 0 Å². The van der Waals surface area contributed by atoms with Crippen LogP contribution in [0.1, 0.15) is 28.8 Å². The van der Waals surface area contributed by atoms with Gasteiger partial charge in [0.2, 0.25) is 0 Å². The van der Waals surface area contributed by atoms with Crippen LogP contribution in [0.3, 0.4) is 0 Å². The molecule has 3 N–H and O–H groups in total. The normalized spacial score (nSPS) is 16.1. The zero-order valence-electron chi connectivity index (χ0n) is 15.8.